The van der Waals surface area contributed by atoms with Gasteiger partial charge in [0.05, 0.1) is 11.9 Å². The topological polar surface area (TPSA) is 86.4 Å². The van der Waals surface area contributed by atoms with Crippen molar-refractivity contribution in [2.75, 3.05) is 17.7 Å². The minimum absolute atomic E-state index is 0.00613. The van der Waals surface area contributed by atoms with Gasteiger partial charge in [-0.15, -0.1) is 0 Å². The van der Waals surface area contributed by atoms with Gasteiger partial charge in [-0.05, 0) is 57.0 Å². The maximum absolute atomic E-state index is 13.6. The van der Waals surface area contributed by atoms with Crippen molar-refractivity contribution in [3.8, 4) is 0 Å². The first-order valence-electron chi connectivity index (χ1n) is 11.1. The lowest BCUT2D eigenvalue weighted by Gasteiger charge is -2.13. The van der Waals surface area contributed by atoms with E-state index in [1.54, 1.807) is 19.1 Å². The second kappa shape index (κ2) is 10.4. The number of hydrogen-bond acceptors (Lipinski definition) is 6. The lowest BCUT2D eigenvalue weighted by atomic mass is 10.2. The van der Waals surface area contributed by atoms with Crippen molar-refractivity contribution in [2.45, 2.75) is 45.0 Å². The van der Waals surface area contributed by atoms with Gasteiger partial charge in [0.2, 0.25) is 11.5 Å². The Morgan fingerprint density at radius 2 is 2.06 bits per heavy atom. The van der Waals surface area contributed by atoms with E-state index in [1.807, 2.05) is 32.0 Å². The lowest BCUT2D eigenvalue weighted by Crippen LogP contribution is -2.25. The number of para-hydroxylation sites is 1. The van der Waals surface area contributed by atoms with Gasteiger partial charge in [0.15, 0.2) is 5.16 Å². The number of thioether (sulfide) groups is 1. The molecule has 0 saturated heterocycles. The molecule has 0 aliphatic heterocycles. The van der Waals surface area contributed by atoms with E-state index in [-0.39, 0.29) is 28.9 Å². The molecular formula is C25H26FN3O4S. The van der Waals surface area contributed by atoms with Crippen LogP contribution in [0.3, 0.4) is 0 Å². The Morgan fingerprint density at radius 1 is 1.26 bits per heavy atom. The average Bonchev–Trinajstić information content (AvgIpc) is 3.18. The number of fused-ring (bicyclic) bond motifs is 3. The number of furan rings is 1. The van der Waals surface area contributed by atoms with E-state index in [9.17, 15) is 14.0 Å². The normalized spacial score (nSPS) is 11.6. The van der Waals surface area contributed by atoms with E-state index in [0.717, 1.165) is 22.7 Å². The summed E-state index contributed by atoms with van der Waals surface area (Å²) in [4.78, 5) is 30.6. The lowest BCUT2D eigenvalue weighted by molar-refractivity contribution is -0.113. The maximum Gasteiger partial charge on any atom is 0.297 e. The van der Waals surface area contributed by atoms with Crippen LogP contribution in [0.5, 0.6) is 0 Å². The third-order valence-corrected chi connectivity index (χ3v) is 6.21. The third-order valence-electron chi connectivity index (χ3n) is 5.23. The van der Waals surface area contributed by atoms with Crippen molar-refractivity contribution in [3.05, 3.63) is 64.2 Å². The van der Waals surface area contributed by atoms with Crippen LogP contribution in [0.2, 0.25) is 0 Å². The van der Waals surface area contributed by atoms with Crippen LogP contribution in [0, 0.1) is 12.7 Å². The van der Waals surface area contributed by atoms with Gasteiger partial charge in [0, 0.05) is 24.2 Å². The van der Waals surface area contributed by atoms with E-state index in [1.165, 1.54) is 16.7 Å². The molecule has 1 N–H and O–H groups in total. The van der Waals surface area contributed by atoms with E-state index in [4.69, 9.17) is 14.1 Å². The van der Waals surface area contributed by atoms with Crippen LogP contribution in [0.25, 0.3) is 22.1 Å². The fourth-order valence-corrected chi connectivity index (χ4v) is 4.37. The molecule has 0 saturated carbocycles. The predicted molar refractivity (Wildman–Crippen MR) is 132 cm³/mol. The van der Waals surface area contributed by atoms with Gasteiger partial charge in [0.1, 0.15) is 16.9 Å². The molecule has 34 heavy (non-hydrogen) atoms. The van der Waals surface area contributed by atoms with E-state index < -0.39 is 5.82 Å². The number of ether oxygens (including phenoxy) is 1. The van der Waals surface area contributed by atoms with Gasteiger partial charge >= 0.3 is 0 Å². The van der Waals surface area contributed by atoms with Crippen LogP contribution < -0.4 is 10.9 Å². The Bertz CT molecular complexity index is 1400. The van der Waals surface area contributed by atoms with Crippen molar-refractivity contribution in [2.24, 2.45) is 0 Å². The summed E-state index contributed by atoms with van der Waals surface area (Å²) in [6.45, 7) is 6.56. The molecule has 2 aromatic heterocycles. The Balaban J connectivity index is 1.61. The zero-order valence-electron chi connectivity index (χ0n) is 19.3. The van der Waals surface area contributed by atoms with Crippen LogP contribution in [-0.4, -0.2) is 33.9 Å². The fraction of sp³-hybridized carbons (Fsp3) is 0.320. The van der Waals surface area contributed by atoms with Gasteiger partial charge in [-0.2, -0.15) is 0 Å². The van der Waals surface area contributed by atoms with Crippen LogP contribution in [-0.2, 0) is 16.1 Å². The summed E-state index contributed by atoms with van der Waals surface area (Å²) < 4.78 is 26.5. The first kappa shape index (κ1) is 24.0. The minimum atomic E-state index is -0.426. The molecule has 1 amide bonds. The standard InChI is InChI=1S/C25H26FN3O4S/c1-15(2)32-12-6-11-29-24(31)23-22(18-7-4-5-8-20(18)33-23)28-25(29)34-14-21(30)27-19-13-17(26)10-9-16(19)3/h4-5,7-10,13,15H,6,11-12,14H2,1-3H3,(H,27,30). The largest absolute Gasteiger partial charge is 0.448 e. The summed E-state index contributed by atoms with van der Waals surface area (Å²) in [7, 11) is 0. The molecule has 0 radical (unpaired) electrons. The SMILES string of the molecule is Cc1ccc(F)cc1NC(=O)CSc1nc2c(oc3ccccc32)c(=O)n1CCCOC(C)C. The number of benzene rings is 2. The first-order valence-corrected chi connectivity index (χ1v) is 12.0. The molecule has 0 fully saturated rings. The highest BCUT2D eigenvalue weighted by Gasteiger charge is 2.19. The Kier molecular flexibility index (Phi) is 7.33. The van der Waals surface area contributed by atoms with Gasteiger partial charge in [0.25, 0.3) is 5.56 Å². The number of aryl methyl sites for hydroxylation is 1. The zero-order valence-corrected chi connectivity index (χ0v) is 20.1. The number of aromatic nitrogens is 2. The number of anilines is 1. The van der Waals surface area contributed by atoms with Gasteiger partial charge in [-0.3, -0.25) is 14.2 Å². The molecule has 0 aliphatic rings. The molecule has 7 nitrogen and oxygen atoms in total. The van der Waals surface area contributed by atoms with Gasteiger partial charge in [-0.25, -0.2) is 9.37 Å². The summed E-state index contributed by atoms with van der Waals surface area (Å²) in [5.74, 6) is -0.739. The third kappa shape index (κ3) is 5.31. The smallest absolute Gasteiger partial charge is 0.297 e. The number of rotatable bonds is 9. The summed E-state index contributed by atoms with van der Waals surface area (Å²) in [6.07, 6.45) is 0.699. The number of halogens is 1. The van der Waals surface area contributed by atoms with Crippen LogP contribution in [0.1, 0.15) is 25.8 Å². The Hall–Kier alpha value is -3.17. The van der Waals surface area contributed by atoms with Crippen LogP contribution in [0.15, 0.2) is 56.8 Å². The minimum Gasteiger partial charge on any atom is -0.448 e. The van der Waals surface area contributed by atoms with E-state index in [0.29, 0.717) is 41.5 Å². The number of carbonyl (C=O) groups is 1. The zero-order chi connectivity index (χ0) is 24.2. The van der Waals surface area contributed by atoms with E-state index in [2.05, 4.69) is 5.32 Å². The summed E-state index contributed by atoms with van der Waals surface area (Å²) in [6, 6.07) is 11.6. The summed E-state index contributed by atoms with van der Waals surface area (Å²) in [5, 5.41) is 3.89. The monoisotopic (exact) mass is 483 g/mol. The van der Waals surface area contributed by atoms with Crippen molar-refractivity contribution in [3.63, 3.8) is 0 Å². The molecule has 2 heterocycles. The highest BCUT2D eigenvalue weighted by molar-refractivity contribution is 7.99. The molecule has 0 aliphatic carbocycles. The number of carbonyl (C=O) groups excluding carboxylic acids is 1. The van der Waals surface area contributed by atoms with Gasteiger partial charge in [-0.1, -0.05) is 30.0 Å². The van der Waals surface area contributed by atoms with Crippen molar-refractivity contribution in [1.82, 2.24) is 9.55 Å². The highest BCUT2D eigenvalue weighted by atomic mass is 32.2. The molecule has 0 atom stereocenters. The summed E-state index contributed by atoms with van der Waals surface area (Å²) in [5.41, 5.74) is 2.12. The number of nitrogens with one attached hydrogen (secondary N) is 1. The molecule has 0 bridgehead atoms. The number of hydrogen-bond donors (Lipinski definition) is 1. The van der Waals surface area contributed by atoms with E-state index >= 15 is 0 Å². The molecule has 178 valence electrons. The molecular weight excluding hydrogens is 457 g/mol. The van der Waals surface area contributed by atoms with Crippen molar-refractivity contribution >= 4 is 45.4 Å². The van der Waals surface area contributed by atoms with Crippen molar-refractivity contribution in [1.29, 1.82) is 0 Å². The quantitative estimate of drug-likeness (QED) is 0.202. The second-order valence-electron chi connectivity index (χ2n) is 8.20. The fourth-order valence-electron chi connectivity index (χ4n) is 3.55. The van der Waals surface area contributed by atoms with Crippen molar-refractivity contribution < 1.29 is 18.3 Å². The predicted octanol–water partition coefficient (Wildman–Crippen LogP) is 5.14. The molecule has 2 aromatic carbocycles. The summed E-state index contributed by atoms with van der Waals surface area (Å²) >= 11 is 1.15. The Labute approximate surface area is 200 Å². The highest BCUT2D eigenvalue weighted by Crippen LogP contribution is 2.27. The molecule has 4 rings (SSSR count). The Morgan fingerprint density at radius 3 is 2.85 bits per heavy atom. The van der Waals surface area contributed by atoms with Gasteiger partial charge < -0.3 is 14.5 Å². The molecule has 9 heteroatoms. The first-order chi connectivity index (χ1) is 16.3. The molecule has 0 spiro atoms. The molecule has 4 aromatic rings. The number of nitrogens with zero attached hydrogens (tertiary/aromatic N) is 2. The number of amides is 1. The maximum atomic E-state index is 13.6. The second-order valence-corrected chi connectivity index (χ2v) is 9.14. The van der Waals surface area contributed by atoms with Crippen LogP contribution in [0.4, 0.5) is 10.1 Å². The van der Waals surface area contributed by atoms with Crippen LogP contribution >= 0.6 is 11.8 Å². The average molecular weight is 484 g/mol. The molecule has 0 unspecified atom stereocenters.